The fourth-order valence-corrected chi connectivity index (χ4v) is 4.45. The van der Waals surface area contributed by atoms with Crippen LogP contribution >= 0.6 is 0 Å². The molecule has 1 aliphatic rings. The Hall–Kier alpha value is -3.25. The third-order valence-corrected chi connectivity index (χ3v) is 6.24. The Balaban J connectivity index is 1.94. The van der Waals surface area contributed by atoms with Crippen LogP contribution in [-0.2, 0) is 27.7 Å². The highest BCUT2D eigenvalue weighted by Crippen LogP contribution is 2.18. The maximum Gasteiger partial charge on any atom is 0.285 e. The zero-order valence-corrected chi connectivity index (χ0v) is 16.9. The first-order valence-corrected chi connectivity index (χ1v) is 10.7. The molecular formula is C20H20N4O4S. The highest BCUT2D eigenvalue weighted by Gasteiger charge is 2.31. The maximum atomic E-state index is 13.1. The molecule has 2 heterocycles. The summed E-state index contributed by atoms with van der Waals surface area (Å²) in [6.45, 7) is 3.09. The van der Waals surface area contributed by atoms with Gasteiger partial charge in [0.15, 0.2) is 9.84 Å². The van der Waals surface area contributed by atoms with Crippen LogP contribution in [0.15, 0.2) is 46.6 Å². The van der Waals surface area contributed by atoms with Crippen molar-refractivity contribution in [1.82, 2.24) is 14.7 Å². The van der Waals surface area contributed by atoms with Crippen molar-refractivity contribution >= 4 is 15.7 Å². The first kappa shape index (κ1) is 20.5. The predicted octanol–water partition coefficient (Wildman–Crippen LogP) is 1.07. The highest BCUT2D eigenvalue weighted by atomic mass is 32.2. The average Bonchev–Trinajstić information content (AvgIpc) is 3.05. The van der Waals surface area contributed by atoms with E-state index in [0.29, 0.717) is 11.3 Å². The molecule has 1 amide bonds. The molecule has 1 aromatic heterocycles. The fourth-order valence-electron chi connectivity index (χ4n) is 3.15. The summed E-state index contributed by atoms with van der Waals surface area (Å²) < 4.78 is 24.7. The molecule has 0 radical (unpaired) electrons. The third kappa shape index (κ3) is 4.43. The third-order valence-electron chi connectivity index (χ3n) is 4.86. The van der Waals surface area contributed by atoms with Crippen molar-refractivity contribution in [2.24, 2.45) is 0 Å². The number of nitrogens with zero attached hydrogens (tertiary/aromatic N) is 4. The van der Waals surface area contributed by atoms with Crippen LogP contribution in [0.2, 0.25) is 0 Å². The smallest absolute Gasteiger partial charge is 0.285 e. The number of sulfone groups is 1. The molecule has 1 aromatic carbocycles. The lowest BCUT2D eigenvalue weighted by Gasteiger charge is -2.28. The molecule has 29 heavy (non-hydrogen) atoms. The van der Waals surface area contributed by atoms with Crippen LogP contribution in [0.3, 0.4) is 0 Å². The number of aromatic nitrogens is 2. The lowest BCUT2D eigenvalue weighted by atomic mass is 10.1. The summed E-state index contributed by atoms with van der Waals surface area (Å²) >= 11 is 0. The summed E-state index contributed by atoms with van der Waals surface area (Å²) in [5.41, 5.74) is 1.09. The van der Waals surface area contributed by atoms with Crippen molar-refractivity contribution in [3.8, 4) is 6.07 Å². The minimum Gasteiger partial charge on any atom is -0.329 e. The van der Waals surface area contributed by atoms with Crippen molar-refractivity contribution in [3.63, 3.8) is 0 Å². The highest BCUT2D eigenvalue weighted by molar-refractivity contribution is 7.94. The van der Waals surface area contributed by atoms with Gasteiger partial charge in [0.1, 0.15) is 18.2 Å². The summed E-state index contributed by atoms with van der Waals surface area (Å²) in [5.74, 6) is -0.660. The van der Waals surface area contributed by atoms with Gasteiger partial charge in [-0.25, -0.2) is 13.1 Å². The topological polar surface area (TPSA) is 113 Å². The van der Waals surface area contributed by atoms with E-state index in [4.69, 9.17) is 0 Å². The predicted molar refractivity (Wildman–Crippen MR) is 106 cm³/mol. The molecule has 0 aliphatic carbocycles. The fraction of sp³-hybridized carbons (Fsp3) is 0.300. The first-order valence-electron chi connectivity index (χ1n) is 8.94. The van der Waals surface area contributed by atoms with E-state index >= 15 is 0 Å². The molecule has 0 spiro atoms. The number of rotatable bonds is 5. The minimum absolute atomic E-state index is 0.0525. The van der Waals surface area contributed by atoms with Crippen molar-refractivity contribution in [1.29, 1.82) is 5.26 Å². The zero-order valence-electron chi connectivity index (χ0n) is 16.1. The van der Waals surface area contributed by atoms with Crippen LogP contribution in [0.1, 0.15) is 22.4 Å². The van der Waals surface area contributed by atoms with Gasteiger partial charge in [0.2, 0.25) is 5.91 Å². The number of amides is 1. The molecular weight excluding hydrogens is 392 g/mol. The van der Waals surface area contributed by atoms with E-state index in [1.54, 1.807) is 13.8 Å². The molecule has 150 valence electrons. The number of hydrogen-bond donors (Lipinski definition) is 0. The van der Waals surface area contributed by atoms with Gasteiger partial charge in [-0.3, -0.25) is 9.59 Å². The van der Waals surface area contributed by atoms with Crippen LogP contribution in [0.4, 0.5) is 0 Å². The largest absolute Gasteiger partial charge is 0.329 e. The molecule has 0 saturated heterocycles. The van der Waals surface area contributed by atoms with Crippen LogP contribution < -0.4 is 5.56 Å². The Morgan fingerprint density at radius 2 is 2.00 bits per heavy atom. The second-order valence-electron chi connectivity index (χ2n) is 6.89. The van der Waals surface area contributed by atoms with E-state index in [9.17, 15) is 23.3 Å². The first-order chi connectivity index (χ1) is 13.7. The van der Waals surface area contributed by atoms with Gasteiger partial charge in [0.25, 0.3) is 5.56 Å². The molecule has 0 bridgehead atoms. The van der Waals surface area contributed by atoms with Crippen molar-refractivity contribution in [2.45, 2.75) is 33.0 Å². The van der Waals surface area contributed by atoms with Crippen LogP contribution in [-0.4, -0.2) is 40.8 Å². The quantitative estimate of drug-likeness (QED) is 0.726. The van der Waals surface area contributed by atoms with Crippen LogP contribution in [0, 0.1) is 25.2 Å². The van der Waals surface area contributed by atoms with E-state index in [2.05, 4.69) is 5.10 Å². The zero-order chi connectivity index (χ0) is 21.2. The van der Waals surface area contributed by atoms with Gasteiger partial charge in [0.05, 0.1) is 17.5 Å². The van der Waals surface area contributed by atoms with Crippen molar-refractivity contribution in [2.75, 3.05) is 5.75 Å². The van der Waals surface area contributed by atoms with Crippen molar-refractivity contribution < 1.29 is 13.2 Å². The number of carbonyl (C=O) groups excluding carboxylic acids is 1. The van der Waals surface area contributed by atoms with Crippen LogP contribution in [0.5, 0.6) is 0 Å². The Labute approximate surface area is 168 Å². The molecule has 0 N–H and O–H groups in total. The van der Waals surface area contributed by atoms with E-state index in [1.165, 1.54) is 11.0 Å². The molecule has 1 atom stereocenters. The summed E-state index contributed by atoms with van der Waals surface area (Å²) in [4.78, 5) is 27.0. The van der Waals surface area contributed by atoms with Crippen molar-refractivity contribution in [3.05, 3.63) is 74.6 Å². The molecule has 1 aliphatic heterocycles. The Bertz CT molecular complexity index is 1180. The van der Waals surface area contributed by atoms with E-state index in [1.807, 2.05) is 36.4 Å². The molecule has 2 aromatic rings. The van der Waals surface area contributed by atoms with Gasteiger partial charge >= 0.3 is 0 Å². The average molecular weight is 412 g/mol. The summed E-state index contributed by atoms with van der Waals surface area (Å²) in [7, 11) is -3.37. The molecule has 8 nitrogen and oxygen atoms in total. The Kier molecular flexibility index (Phi) is 5.66. The van der Waals surface area contributed by atoms with Gasteiger partial charge in [-0.1, -0.05) is 30.3 Å². The van der Waals surface area contributed by atoms with Gasteiger partial charge in [-0.2, -0.15) is 10.4 Å². The maximum absolute atomic E-state index is 13.1. The normalized spacial score (nSPS) is 17.1. The lowest BCUT2D eigenvalue weighted by Crippen LogP contribution is -2.44. The summed E-state index contributed by atoms with van der Waals surface area (Å²) in [6, 6.07) is 10.4. The Morgan fingerprint density at radius 1 is 1.31 bits per heavy atom. The summed E-state index contributed by atoms with van der Waals surface area (Å²) in [5, 5.41) is 14.5. The molecule has 0 unspecified atom stereocenters. The lowest BCUT2D eigenvalue weighted by molar-refractivity contribution is -0.133. The minimum atomic E-state index is -3.37. The van der Waals surface area contributed by atoms with E-state index in [-0.39, 0.29) is 24.4 Å². The SMILES string of the molecule is Cc1nn(CC(=O)N(Cc2ccccc2)[C@@H]2C=CS(=O)(=O)C2)c(=O)c(C#N)c1C. The second kappa shape index (κ2) is 8.01. The monoisotopic (exact) mass is 412 g/mol. The number of hydrogen-bond acceptors (Lipinski definition) is 6. The molecule has 9 heteroatoms. The van der Waals surface area contributed by atoms with E-state index in [0.717, 1.165) is 15.7 Å². The van der Waals surface area contributed by atoms with Gasteiger partial charge < -0.3 is 4.90 Å². The molecule has 0 fully saturated rings. The number of benzene rings is 1. The number of nitriles is 1. The van der Waals surface area contributed by atoms with E-state index < -0.39 is 27.3 Å². The van der Waals surface area contributed by atoms with Gasteiger partial charge in [-0.15, -0.1) is 0 Å². The van der Waals surface area contributed by atoms with Gasteiger partial charge in [-0.05, 0) is 31.1 Å². The molecule has 0 saturated carbocycles. The summed E-state index contributed by atoms with van der Waals surface area (Å²) in [6.07, 6.45) is 1.48. The standard InChI is InChI=1S/C20H20N4O4S/c1-14-15(2)22-24(20(26)18(14)10-21)12-19(25)23(11-16-6-4-3-5-7-16)17-8-9-29(27,28)13-17/h3-9,17H,11-13H2,1-2H3/t17-/m1/s1. The molecule has 3 rings (SSSR count). The number of aryl methyl sites for hydroxylation is 1. The Morgan fingerprint density at radius 3 is 2.59 bits per heavy atom. The number of carbonyl (C=O) groups is 1. The van der Waals surface area contributed by atoms with Crippen LogP contribution in [0.25, 0.3) is 0 Å². The van der Waals surface area contributed by atoms with Gasteiger partial charge in [0, 0.05) is 12.0 Å². The second-order valence-corrected chi connectivity index (χ2v) is 8.82.